The Morgan fingerprint density at radius 1 is 1.36 bits per heavy atom. The van der Waals surface area contributed by atoms with E-state index in [1.165, 1.54) is 19.2 Å². The molecule has 1 atom stereocenters. The molecule has 0 unspecified atom stereocenters. The zero-order valence-corrected chi connectivity index (χ0v) is 13.2. The highest BCUT2D eigenvalue weighted by Crippen LogP contribution is 2.28. The van der Waals surface area contributed by atoms with Crippen molar-refractivity contribution in [2.45, 2.75) is 30.7 Å². The molecule has 22 heavy (non-hydrogen) atoms. The van der Waals surface area contributed by atoms with Crippen LogP contribution < -0.4 is 5.32 Å². The number of carbonyl (C=O) groups is 2. The second-order valence-electron chi connectivity index (χ2n) is 5.17. The van der Waals surface area contributed by atoms with Crippen molar-refractivity contribution < 1.29 is 23.1 Å². The molecule has 1 aromatic carbocycles. The van der Waals surface area contributed by atoms with E-state index in [0.717, 1.165) is 10.4 Å². The van der Waals surface area contributed by atoms with Crippen LogP contribution in [0.15, 0.2) is 23.1 Å². The van der Waals surface area contributed by atoms with Crippen molar-refractivity contribution in [2.24, 2.45) is 0 Å². The van der Waals surface area contributed by atoms with Crippen molar-refractivity contribution in [3.8, 4) is 0 Å². The fraction of sp³-hybridized carbons (Fsp3) is 0.429. The largest absolute Gasteiger partial charge is 0.478 e. The molecule has 1 heterocycles. The van der Waals surface area contributed by atoms with Crippen molar-refractivity contribution in [3.63, 3.8) is 0 Å². The molecule has 0 saturated carbocycles. The summed E-state index contributed by atoms with van der Waals surface area (Å²) in [4.78, 5) is 22.8. The fourth-order valence-corrected chi connectivity index (χ4v) is 4.50. The van der Waals surface area contributed by atoms with E-state index in [0.29, 0.717) is 18.4 Å². The predicted octanol–water partition coefficient (Wildman–Crippen LogP) is 0.592. The van der Waals surface area contributed by atoms with Crippen LogP contribution in [-0.2, 0) is 14.8 Å². The zero-order chi connectivity index (χ0) is 16.5. The molecule has 1 amide bonds. The predicted molar refractivity (Wildman–Crippen MR) is 79.1 cm³/mol. The molecule has 2 rings (SSSR count). The quantitative estimate of drug-likeness (QED) is 0.843. The number of hydrogen-bond donors (Lipinski definition) is 2. The maximum Gasteiger partial charge on any atom is 0.335 e. The number of carboxylic acids is 1. The van der Waals surface area contributed by atoms with E-state index in [1.807, 2.05) is 0 Å². The third-order valence-corrected chi connectivity index (χ3v) is 5.82. The van der Waals surface area contributed by atoms with E-state index in [9.17, 15) is 18.0 Å². The van der Waals surface area contributed by atoms with Crippen molar-refractivity contribution in [2.75, 3.05) is 13.6 Å². The van der Waals surface area contributed by atoms with Gasteiger partial charge in [0, 0.05) is 13.6 Å². The first-order chi connectivity index (χ1) is 10.3. The summed E-state index contributed by atoms with van der Waals surface area (Å²) in [7, 11) is -2.46. The molecule has 7 nitrogen and oxygen atoms in total. The van der Waals surface area contributed by atoms with E-state index >= 15 is 0 Å². The van der Waals surface area contributed by atoms with Crippen LogP contribution in [0.1, 0.15) is 28.8 Å². The van der Waals surface area contributed by atoms with E-state index in [4.69, 9.17) is 5.11 Å². The molecular formula is C14H18N2O5S. The molecule has 8 heteroatoms. The molecular weight excluding hydrogens is 308 g/mol. The molecule has 1 saturated heterocycles. The van der Waals surface area contributed by atoms with Crippen molar-refractivity contribution in [1.82, 2.24) is 9.62 Å². The summed E-state index contributed by atoms with van der Waals surface area (Å²) in [6.07, 6.45) is 1.05. The summed E-state index contributed by atoms with van der Waals surface area (Å²) in [5.74, 6) is -1.55. The van der Waals surface area contributed by atoms with E-state index < -0.39 is 22.0 Å². The number of likely N-dealkylation sites (N-methyl/N-ethyl adjacent to an activating group) is 1. The maximum absolute atomic E-state index is 12.8. The van der Waals surface area contributed by atoms with Crippen LogP contribution in [0.3, 0.4) is 0 Å². The Morgan fingerprint density at radius 2 is 2.05 bits per heavy atom. The lowest BCUT2D eigenvalue weighted by molar-refractivity contribution is -0.123. The van der Waals surface area contributed by atoms with Gasteiger partial charge in [-0.1, -0.05) is 6.07 Å². The topological polar surface area (TPSA) is 104 Å². The molecule has 0 aliphatic carbocycles. The first-order valence-corrected chi connectivity index (χ1v) is 8.30. The number of carbonyl (C=O) groups excluding carboxylic acids is 1. The van der Waals surface area contributed by atoms with Gasteiger partial charge in [0.25, 0.3) is 0 Å². The average Bonchev–Trinajstić information content (AvgIpc) is 2.96. The molecule has 0 spiro atoms. The van der Waals surface area contributed by atoms with Crippen LogP contribution in [0.4, 0.5) is 0 Å². The highest BCUT2D eigenvalue weighted by atomic mass is 32.2. The fourth-order valence-electron chi connectivity index (χ4n) is 2.59. The van der Waals surface area contributed by atoms with E-state index in [2.05, 4.69) is 5.32 Å². The number of nitrogens with one attached hydrogen (secondary N) is 1. The SMILES string of the molecule is CNC(=O)[C@H]1CCCN1S(=O)(=O)c1cc(C(=O)O)ccc1C. The van der Waals surface area contributed by atoms with Gasteiger partial charge < -0.3 is 10.4 Å². The Morgan fingerprint density at radius 3 is 2.64 bits per heavy atom. The minimum Gasteiger partial charge on any atom is -0.478 e. The molecule has 1 aliphatic heterocycles. The van der Waals surface area contributed by atoms with Gasteiger partial charge in [0.1, 0.15) is 6.04 Å². The molecule has 120 valence electrons. The Balaban J connectivity index is 2.48. The number of nitrogens with zero attached hydrogens (tertiary/aromatic N) is 1. The molecule has 1 fully saturated rings. The Labute approximate surface area is 129 Å². The highest BCUT2D eigenvalue weighted by molar-refractivity contribution is 7.89. The molecule has 0 radical (unpaired) electrons. The maximum atomic E-state index is 12.8. The summed E-state index contributed by atoms with van der Waals surface area (Å²) >= 11 is 0. The van der Waals surface area contributed by atoms with Gasteiger partial charge in [-0.2, -0.15) is 4.31 Å². The lowest BCUT2D eigenvalue weighted by Gasteiger charge is -2.23. The van der Waals surface area contributed by atoms with Crippen molar-refractivity contribution in [3.05, 3.63) is 29.3 Å². The van der Waals surface area contributed by atoms with Crippen LogP contribution in [0.25, 0.3) is 0 Å². The monoisotopic (exact) mass is 326 g/mol. The second kappa shape index (κ2) is 6.05. The number of benzene rings is 1. The summed E-state index contributed by atoms with van der Waals surface area (Å²) in [6, 6.07) is 3.22. The minimum absolute atomic E-state index is 0.0665. The van der Waals surface area contributed by atoms with Gasteiger partial charge in [0.2, 0.25) is 15.9 Å². The van der Waals surface area contributed by atoms with Gasteiger partial charge >= 0.3 is 5.97 Å². The summed E-state index contributed by atoms with van der Waals surface area (Å²) < 4.78 is 26.8. The van der Waals surface area contributed by atoms with Crippen LogP contribution in [0, 0.1) is 6.92 Å². The summed E-state index contributed by atoms with van der Waals surface area (Å²) in [5, 5.41) is 11.5. The molecule has 2 N–H and O–H groups in total. The lowest BCUT2D eigenvalue weighted by atomic mass is 10.1. The zero-order valence-electron chi connectivity index (χ0n) is 12.4. The number of aromatic carboxylic acids is 1. The van der Waals surface area contributed by atoms with Crippen LogP contribution in [-0.4, -0.2) is 49.3 Å². The summed E-state index contributed by atoms with van der Waals surface area (Å²) in [5.41, 5.74) is 0.354. The number of rotatable bonds is 4. The average molecular weight is 326 g/mol. The molecule has 1 aromatic rings. The number of amides is 1. The number of carboxylic acid groups (broad SMARTS) is 1. The van der Waals surface area contributed by atoms with E-state index in [-0.39, 0.29) is 22.9 Å². The van der Waals surface area contributed by atoms with Crippen molar-refractivity contribution >= 4 is 21.9 Å². The third kappa shape index (κ3) is 2.84. The second-order valence-corrected chi connectivity index (χ2v) is 7.03. The van der Waals surface area contributed by atoms with Crippen LogP contribution in [0.5, 0.6) is 0 Å². The van der Waals surface area contributed by atoms with Gasteiger partial charge in [-0.3, -0.25) is 4.79 Å². The molecule has 1 aliphatic rings. The number of sulfonamides is 1. The van der Waals surface area contributed by atoms with Gasteiger partial charge in [-0.15, -0.1) is 0 Å². The Hall–Kier alpha value is -1.93. The number of hydrogen-bond acceptors (Lipinski definition) is 4. The van der Waals surface area contributed by atoms with Crippen LogP contribution in [0.2, 0.25) is 0 Å². The van der Waals surface area contributed by atoms with Gasteiger partial charge in [0.05, 0.1) is 10.5 Å². The minimum atomic E-state index is -3.92. The first-order valence-electron chi connectivity index (χ1n) is 6.86. The first kappa shape index (κ1) is 16.4. The van der Waals surface area contributed by atoms with Crippen molar-refractivity contribution in [1.29, 1.82) is 0 Å². The lowest BCUT2D eigenvalue weighted by Crippen LogP contribution is -2.45. The molecule has 0 bridgehead atoms. The molecule has 0 aromatic heterocycles. The number of aryl methyl sites for hydroxylation is 1. The normalized spacial score (nSPS) is 19.1. The highest BCUT2D eigenvalue weighted by Gasteiger charge is 2.39. The Bertz CT molecular complexity index is 714. The van der Waals surface area contributed by atoms with E-state index in [1.54, 1.807) is 6.92 Å². The Kier molecular flexibility index (Phi) is 4.52. The van der Waals surface area contributed by atoms with Crippen LogP contribution >= 0.6 is 0 Å². The van der Waals surface area contributed by atoms with Gasteiger partial charge in [-0.05, 0) is 37.5 Å². The van der Waals surface area contributed by atoms with Gasteiger partial charge in [-0.25, -0.2) is 13.2 Å². The summed E-state index contributed by atoms with van der Waals surface area (Å²) in [6.45, 7) is 1.85. The third-order valence-electron chi connectivity index (χ3n) is 3.77. The standard InChI is InChI=1S/C14H18N2O5S/c1-9-5-6-10(14(18)19)8-12(9)22(20,21)16-7-3-4-11(16)13(17)15-2/h5-6,8,11H,3-4,7H2,1-2H3,(H,15,17)(H,18,19)/t11-/m1/s1. The van der Waals surface area contributed by atoms with Gasteiger partial charge in [0.15, 0.2) is 0 Å². The smallest absolute Gasteiger partial charge is 0.335 e.